The van der Waals surface area contributed by atoms with E-state index in [9.17, 15) is 9.18 Å². The molecule has 6 nitrogen and oxygen atoms in total. The molecule has 0 spiro atoms. The summed E-state index contributed by atoms with van der Waals surface area (Å²) < 4.78 is 25.0. The molecule has 8 heteroatoms. The van der Waals surface area contributed by atoms with Crippen molar-refractivity contribution in [2.24, 2.45) is 0 Å². The van der Waals surface area contributed by atoms with Crippen LogP contribution in [0.3, 0.4) is 0 Å². The van der Waals surface area contributed by atoms with Gasteiger partial charge in [-0.1, -0.05) is 84.6 Å². The smallest absolute Gasteiger partial charge is 0.277 e. The second kappa shape index (κ2) is 11.5. The zero-order valence-corrected chi connectivity index (χ0v) is 19.4. The number of carbonyl (C=O) groups excluding carboxylic acids is 1. The Labute approximate surface area is 201 Å². The van der Waals surface area contributed by atoms with Crippen LogP contribution in [0.15, 0.2) is 94.6 Å². The normalized spacial score (nSPS) is 12.6. The SMILES string of the molecule is C[C@H](Oc1ccccc1F)c1nnc(SCC(=O)N[C@@H](Cc2ccccc2)c2ccccc2)o1. The Hall–Kier alpha value is -3.65. The van der Waals surface area contributed by atoms with Gasteiger partial charge in [0.05, 0.1) is 11.8 Å². The molecule has 0 bridgehead atoms. The molecule has 1 aromatic heterocycles. The summed E-state index contributed by atoms with van der Waals surface area (Å²) in [4.78, 5) is 12.7. The van der Waals surface area contributed by atoms with Crippen molar-refractivity contribution in [3.05, 3.63) is 108 Å². The number of ether oxygens (including phenoxy) is 1. The minimum absolute atomic E-state index is 0.104. The van der Waals surface area contributed by atoms with Crippen molar-refractivity contribution in [1.29, 1.82) is 0 Å². The number of amides is 1. The summed E-state index contributed by atoms with van der Waals surface area (Å²) in [7, 11) is 0. The second-order valence-electron chi connectivity index (χ2n) is 7.61. The molecule has 2 atom stereocenters. The van der Waals surface area contributed by atoms with Crippen LogP contribution in [0.5, 0.6) is 5.75 Å². The highest BCUT2D eigenvalue weighted by atomic mass is 32.2. The van der Waals surface area contributed by atoms with Gasteiger partial charge in [0, 0.05) is 0 Å². The lowest BCUT2D eigenvalue weighted by atomic mass is 9.99. The van der Waals surface area contributed by atoms with Gasteiger partial charge in [0.25, 0.3) is 11.1 Å². The molecule has 1 N–H and O–H groups in total. The molecule has 4 rings (SSSR count). The topological polar surface area (TPSA) is 77.2 Å². The lowest BCUT2D eigenvalue weighted by Gasteiger charge is -2.19. The van der Waals surface area contributed by atoms with Gasteiger partial charge in [0.2, 0.25) is 5.91 Å². The first-order valence-electron chi connectivity index (χ1n) is 10.8. The summed E-state index contributed by atoms with van der Waals surface area (Å²) in [6.07, 6.45) is 0.0394. The third-order valence-electron chi connectivity index (χ3n) is 5.06. The number of thioether (sulfide) groups is 1. The van der Waals surface area contributed by atoms with Gasteiger partial charge in [0.15, 0.2) is 17.7 Å². The fraction of sp³-hybridized carbons (Fsp3) is 0.192. The highest BCUT2D eigenvalue weighted by Crippen LogP contribution is 2.26. The van der Waals surface area contributed by atoms with E-state index >= 15 is 0 Å². The molecular weight excluding hydrogens is 453 g/mol. The molecule has 0 saturated heterocycles. The molecule has 0 radical (unpaired) electrons. The van der Waals surface area contributed by atoms with Gasteiger partial charge in [-0.2, -0.15) is 0 Å². The number of benzene rings is 3. The molecule has 34 heavy (non-hydrogen) atoms. The number of hydrogen-bond donors (Lipinski definition) is 1. The van der Waals surface area contributed by atoms with Gasteiger partial charge in [-0.15, -0.1) is 10.2 Å². The van der Waals surface area contributed by atoms with Crippen molar-refractivity contribution >= 4 is 17.7 Å². The second-order valence-corrected chi connectivity index (χ2v) is 8.53. The predicted molar refractivity (Wildman–Crippen MR) is 128 cm³/mol. The number of rotatable bonds is 10. The molecule has 3 aromatic carbocycles. The van der Waals surface area contributed by atoms with Crippen molar-refractivity contribution in [1.82, 2.24) is 15.5 Å². The van der Waals surface area contributed by atoms with E-state index in [1.165, 1.54) is 12.1 Å². The summed E-state index contributed by atoms with van der Waals surface area (Å²) in [6, 6.07) is 25.8. The molecule has 174 valence electrons. The Kier molecular flexibility index (Phi) is 7.93. The molecule has 0 aliphatic rings. The molecule has 0 saturated carbocycles. The minimum Gasteiger partial charge on any atom is -0.478 e. The van der Waals surface area contributed by atoms with Crippen molar-refractivity contribution in [3.63, 3.8) is 0 Å². The van der Waals surface area contributed by atoms with E-state index in [0.717, 1.165) is 22.9 Å². The molecule has 0 unspecified atom stereocenters. The van der Waals surface area contributed by atoms with E-state index in [1.54, 1.807) is 19.1 Å². The Morgan fingerprint density at radius 2 is 1.68 bits per heavy atom. The Bertz CT molecular complexity index is 1200. The first-order chi connectivity index (χ1) is 16.6. The predicted octanol–water partition coefficient (Wildman–Crippen LogP) is 5.54. The zero-order chi connectivity index (χ0) is 23.8. The van der Waals surface area contributed by atoms with Gasteiger partial charge in [-0.25, -0.2) is 4.39 Å². The van der Waals surface area contributed by atoms with Crippen molar-refractivity contribution in [2.75, 3.05) is 5.75 Å². The largest absolute Gasteiger partial charge is 0.478 e. The number of halogens is 1. The average Bonchev–Trinajstić information content (AvgIpc) is 3.34. The molecular formula is C26H24FN3O3S. The number of nitrogens with zero attached hydrogens (tertiary/aromatic N) is 2. The van der Waals surface area contributed by atoms with Crippen LogP contribution in [0.1, 0.15) is 36.1 Å². The molecule has 4 aromatic rings. The molecule has 0 fully saturated rings. The Morgan fingerprint density at radius 1 is 1.00 bits per heavy atom. The van der Waals surface area contributed by atoms with E-state index in [4.69, 9.17) is 9.15 Å². The van der Waals surface area contributed by atoms with Gasteiger partial charge in [-0.05, 0) is 36.6 Å². The maximum absolute atomic E-state index is 13.8. The van der Waals surface area contributed by atoms with Crippen LogP contribution in [-0.4, -0.2) is 21.9 Å². The summed E-state index contributed by atoms with van der Waals surface area (Å²) in [5.74, 6) is -0.194. The van der Waals surface area contributed by atoms with E-state index < -0.39 is 11.9 Å². The lowest BCUT2D eigenvalue weighted by molar-refractivity contribution is -0.119. The number of hydrogen-bond acceptors (Lipinski definition) is 6. The first-order valence-corrected chi connectivity index (χ1v) is 11.8. The van der Waals surface area contributed by atoms with Crippen LogP contribution in [0.4, 0.5) is 4.39 Å². The minimum atomic E-state index is -0.638. The molecule has 1 amide bonds. The van der Waals surface area contributed by atoms with Crippen molar-refractivity contribution < 1.29 is 18.3 Å². The zero-order valence-electron chi connectivity index (χ0n) is 18.6. The van der Waals surface area contributed by atoms with Gasteiger partial charge < -0.3 is 14.5 Å². The highest BCUT2D eigenvalue weighted by molar-refractivity contribution is 7.99. The maximum atomic E-state index is 13.8. The highest BCUT2D eigenvalue weighted by Gasteiger charge is 2.19. The van der Waals surface area contributed by atoms with Crippen LogP contribution < -0.4 is 10.1 Å². The third-order valence-corrected chi connectivity index (χ3v) is 5.88. The summed E-state index contributed by atoms with van der Waals surface area (Å²) in [5, 5.41) is 11.3. The lowest BCUT2D eigenvalue weighted by Crippen LogP contribution is -2.31. The molecule has 1 heterocycles. The van der Waals surface area contributed by atoms with Gasteiger partial charge in [0.1, 0.15) is 0 Å². The quantitative estimate of drug-likeness (QED) is 0.302. The summed E-state index contributed by atoms with van der Waals surface area (Å²) in [6.45, 7) is 1.69. The summed E-state index contributed by atoms with van der Waals surface area (Å²) >= 11 is 1.14. The fourth-order valence-corrected chi connectivity index (χ4v) is 3.96. The van der Waals surface area contributed by atoms with Crippen LogP contribution in [0.25, 0.3) is 0 Å². The van der Waals surface area contributed by atoms with Crippen molar-refractivity contribution in [2.45, 2.75) is 30.7 Å². The number of nitrogens with one attached hydrogen (secondary N) is 1. The van der Waals surface area contributed by atoms with Crippen LogP contribution in [-0.2, 0) is 11.2 Å². The third kappa shape index (κ3) is 6.45. The van der Waals surface area contributed by atoms with Crippen LogP contribution >= 0.6 is 11.8 Å². The average molecular weight is 478 g/mol. The standard InChI is InChI=1S/C26H24FN3O3S/c1-18(32-23-15-9-8-14-21(23)27)25-29-30-26(33-25)34-17-24(31)28-22(20-12-6-3-7-13-20)16-19-10-4-2-5-11-19/h2-15,18,22H,16-17H2,1H3,(H,28,31)/t18-,22-/m0/s1. The fourth-order valence-electron chi connectivity index (χ4n) is 3.37. The first kappa shape index (κ1) is 23.5. The number of aromatic nitrogens is 2. The monoisotopic (exact) mass is 477 g/mol. The van der Waals surface area contributed by atoms with E-state index in [-0.39, 0.29) is 34.6 Å². The van der Waals surface area contributed by atoms with Gasteiger partial charge >= 0.3 is 0 Å². The van der Waals surface area contributed by atoms with Crippen LogP contribution in [0, 0.1) is 5.82 Å². The van der Waals surface area contributed by atoms with E-state index in [2.05, 4.69) is 15.5 Å². The molecule has 0 aliphatic heterocycles. The van der Waals surface area contributed by atoms with Crippen molar-refractivity contribution in [3.8, 4) is 5.75 Å². The van der Waals surface area contributed by atoms with E-state index in [0.29, 0.717) is 6.42 Å². The van der Waals surface area contributed by atoms with Gasteiger partial charge in [-0.3, -0.25) is 4.79 Å². The number of carbonyl (C=O) groups is 1. The Balaban J connectivity index is 1.34. The molecule has 0 aliphatic carbocycles. The maximum Gasteiger partial charge on any atom is 0.277 e. The number of para-hydroxylation sites is 1. The Morgan fingerprint density at radius 3 is 2.41 bits per heavy atom. The summed E-state index contributed by atoms with van der Waals surface area (Å²) in [5.41, 5.74) is 2.17. The van der Waals surface area contributed by atoms with E-state index in [1.807, 2.05) is 60.7 Å². The van der Waals surface area contributed by atoms with Crippen LogP contribution in [0.2, 0.25) is 0 Å².